The van der Waals surface area contributed by atoms with Crippen LogP contribution in [0.2, 0.25) is 0 Å². The standard InChI is InChI=1S/C21H25N3O3/c25-21(15-22-18-6-7-19-20(14-18)27-13-12-26-19)24-10-8-23(9-11-24)16-17-4-2-1-3-5-17/h1-7,14,22H,8-13,15-16H2. The van der Waals surface area contributed by atoms with Crippen LogP contribution in [0.1, 0.15) is 5.56 Å². The lowest BCUT2D eigenvalue weighted by atomic mass is 10.2. The first-order valence-corrected chi connectivity index (χ1v) is 9.45. The number of hydrogen-bond acceptors (Lipinski definition) is 5. The van der Waals surface area contributed by atoms with Crippen molar-refractivity contribution in [1.29, 1.82) is 0 Å². The molecule has 0 saturated carbocycles. The number of rotatable bonds is 5. The van der Waals surface area contributed by atoms with Gasteiger partial charge in [-0.05, 0) is 17.7 Å². The van der Waals surface area contributed by atoms with Crippen LogP contribution in [0.4, 0.5) is 5.69 Å². The van der Waals surface area contributed by atoms with E-state index in [1.165, 1.54) is 5.56 Å². The molecule has 0 bridgehead atoms. The Morgan fingerprint density at radius 1 is 0.926 bits per heavy atom. The van der Waals surface area contributed by atoms with Gasteiger partial charge in [0.05, 0.1) is 6.54 Å². The molecule has 6 nitrogen and oxygen atoms in total. The first-order valence-electron chi connectivity index (χ1n) is 9.45. The molecule has 2 heterocycles. The number of nitrogens with zero attached hydrogens (tertiary/aromatic N) is 2. The average Bonchev–Trinajstić information content (AvgIpc) is 2.73. The molecule has 1 N–H and O–H groups in total. The summed E-state index contributed by atoms with van der Waals surface area (Å²) in [4.78, 5) is 16.8. The lowest BCUT2D eigenvalue weighted by Crippen LogP contribution is -2.49. The molecule has 4 rings (SSSR count). The second kappa shape index (κ2) is 8.31. The molecule has 0 aliphatic carbocycles. The molecule has 27 heavy (non-hydrogen) atoms. The number of benzene rings is 2. The first-order chi connectivity index (χ1) is 13.3. The fourth-order valence-corrected chi connectivity index (χ4v) is 3.44. The Kier molecular flexibility index (Phi) is 5.44. The summed E-state index contributed by atoms with van der Waals surface area (Å²) in [7, 11) is 0. The van der Waals surface area contributed by atoms with Gasteiger partial charge in [-0.1, -0.05) is 30.3 Å². The summed E-state index contributed by atoms with van der Waals surface area (Å²) in [5, 5.41) is 3.20. The van der Waals surface area contributed by atoms with Crippen LogP contribution in [0.5, 0.6) is 11.5 Å². The summed E-state index contributed by atoms with van der Waals surface area (Å²) in [5.41, 5.74) is 2.19. The van der Waals surface area contributed by atoms with Crippen molar-refractivity contribution < 1.29 is 14.3 Å². The summed E-state index contributed by atoms with van der Waals surface area (Å²) < 4.78 is 11.1. The minimum Gasteiger partial charge on any atom is -0.486 e. The van der Waals surface area contributed by atoms with Gasteiger partial charge in [-0.15, -0.1) is 0 Å². The minimum atomic E-state index is 0.129. The number of ether oxygens (including phenoxy) is 2. The van der Waals surface area contributed by atoms with Gasteiger partial charge in [-0.2, -0.15) is 0 Å². The van der Waals surface area contributed by atoms with Crippen molar-refractivity contribution >= 4 is 11.6 Å². The highest BCUT2D eigenvalue weighted by Crippen LogP contribution is 2.32. The maximum atomic E-state index is 12.5. The summed E-state index contributed by atoms with van der Waals surface area (Å²) in [6.07, 6.45) is 0. The van der Waals surface area contributed by atoms with Crippen molar-refractivity contribution in [3.8, 4) is 11.5 Å². The van der Waals surface area contributed by atoms with E-state index in [-0.39, 0.29) is 5.91 Å². The van der Waals surface area contributed by atoms with E-state index in [9.17, 15) is 4.79 Å². The van der Waals surface area contributed by atoms with Gasteiger partial charge in [-0.25, -0.2) is 0 Å². The van der Waals surface area contributed by atoms with E-state index < -0.39 is 0 Å². The molecule has 2 aromatic carbocycles. The van der Waals surface area contributed by atoms with E-state index in [0.717, 1.165) is 49.9 Å². The molecule has 0 atom stereocenters. The average molecular weight is 367 g/mol. The van der Waals surface area contributed by atoms with Crippen LogP contribution in [0.15, 0.2) is 48.5 Å². The number of carbonyl (C=O) groups is 1. The zero-order valence-electron chi connectivity index (χ0n) is 15.4. The lowest BCUT2D eigenvalue weighted by molar-refractivity contribution is -0.131. The van der Waals surface area contributed by atoms with Gasteiger partial charge in [0.25, 0.3) is 0 Å². The van der Waals surface area contributed by atoms with E-state index >= 15 is 0 Å². The zero-order chi connectivity index (χ0) is 18.5. The van der Waals surface area contributed by atoms with Gasteiger partial charge in [0.2, 0.25) is 5.91 Å². The molecule has 6 heteroatoms. The smallest absolute Gasteiger partial charge is 0.241 e. The number of anilines is 1. The first kappa shape index (κ1) is 17.7. The van der Waals surface area contributed by atoms with Crippen molar-refractivity contribution in [2.75, 3.05) is 51.3 Å². The third-order valence-corrected chi connectivity index (χ3v) is 4.96. The van der Waals surface area contributed by atoms with Crippen LogP contribution >= 0.6 is 0 Å². The molecular weight excluding hydrogens is 342 g/mol. The van der Waals surface area contributed by atoms with Crippen LogP contribution in [-0.2, 0) is 11.3 Å². The summed E-state index contributed by atoms with van der Waals surface area (Å²) >= 11 is 0. The number of fused-ring (bicyclic) bond motifs is 1. The minimum absolute atomic E-state index is 0.129. The molecule has 1 fully saturated rings. The fraction of sp³-hybridized carbons (Fsp3) is 0.381. The Bertz CT molecular complexity index is 773. The predicted molar refractivity (Wildman–Crippen MR) is 104 cm³/mol. The molecule has 142 valence electrons. The predicted octanol–water partition coefficient (Wildman–Crippen LogP) is 2.21. The quantitative estimate of drug-likeness (QED) is 0.878. The van der Waals surface area contributed by atoms with Gasteiger partial charge in [0.15, 0.2) is 11.5 Å². The highest BCUT2D eigenvalue weighted by atomic mass is 16.6. The second-order valence-electron chi connectivity index (χ2n) is 6.85. The molecule has 0 spiro atoms. The van der Waals surface area contributed by atoms with Crippen LogP contribution in [0.25, 0.3) is 0 Å². The van der Waals surface area contributed by atoms with Gasteiger partial charge < -0.3 is 19.7 Å². The SMILES string of the molecule is O=C(CNc1ccc2c(c1)OCCO2)N1CCN(Cc2ccccc2)CC1. The van der Waals surface area contributed by atoms with Crippen molar-refractivity contribution in [2.24, 2.45) is 0 Å². The largest absolute Gasteiger partial charge is 0.486 e. The Hall–Kier alpha value is -2.73. The van der Waals surface area contributed by atoms with Crippen LogP contribution in [0, 0.1) is 0 Å². The third-order valence-electron chi connectivity index (χ3n) is 4.96. The van der Waals surface area contributed by atoms with E-state index in [1.807, 2.05) is 29.2 Å². The maximum absolute atomic E-state index is 12.5. The molecule has 2 aliphatic rings. The zero-order valence-corrected chi connectivity index (χ0v) is 15.4. The van der Waals surface area contributed by atoms with E-state index in [4.69, 9.17) is 9.47 Å². The van der Waals surface area contributed by atoms with Gasteiger partial charge >= 0.3 is 0 Å². The summed E-state index contributed by atoms with van der Waals surface area (Å²) in [6.45, 7) is 5.73. The van der Waals surface area contributed by atoms with Crippen LogP contribution in [-0.4, -0.2) is 61.6 Å². The molecule has 2 aromatic rings. The van der Waals surface area contributed by atoms with E-state index in [1.54, 1.807) is 0 Å². The van der Waals surface area contributed by atoms with Crippen LogP contribution < -0.4 is 14.8 Å². The Morgan fingerprint density at radius 2 is 1.67 bits per heavy atom. The number of amides is 1. The molecule has 0 radical (unpaired) electrons. The Morgan fingerprint density at radius 3 is 2.44 bits per heavy atom. The third kappa shape index (κ3) is 4.52. The number of nitrogens with one attached hydrogen (secondary N) is 1. The highest BCUT2D eigenvalue weighted by molar-refractivity contribution is 5.81. The monoisotopic (exact) mass is 367 g/mol. The molecule has 0 unspecified atom stereocenters. The van der Waals surface area contributed by atoms with Crippen molar-refractivity contribution in [2.45, 2.75) is 6.54 Å². The number of piperazine rings is 1. The van der Waals surface area contributed by atoms with E-state index in [2.05, 4.69) is 34.5 Å². The van der Waals surface area contributed by atoms with Gasteiger partial charge in [0.1, 0.15) is 13.2 Å². The summed E-state index contributed by atoms with van der Waals surface area (Å²) in [6, 6.07) is 16.2. The molecule has 0 aromatic heterocycles. The lowest BCUT2D eigenvalue weighted by Gasteiger charge is -2.35. The topological polar surface area (TPSA) is 54.0 Å². The van der Waals surface area contributed by atoms with E-state index in [0.29, 0.717) is 19.8 Å². The normalized spacial score (nSPS) is 16.8. The van der Waals surface area contributed by atoms with Crippen molar-refractivity contribution in [3.05, 3.63) is 54.1 Å². The fourth-order valence-electron chi connectivity index (χ4n) is 3.44. The molecular formula is C21H25N3O3. The molecule has 2 aliphatic heterocycles. The van der Waals surface area contributed by atoms with Gasteiger partial charge in [0, 0.05) is 44.5 Å². The highest BCUT2D eigenvalue weighted by Gasteiger charge is 2.21. The number of carbonyl (C=O) groups excluding carboxylic acids is 1. The Balaban J connectivity index is 1.24. The molecule has 1 saturated heterocycles. The molecule has 1 amide bonds. The maximum Gasteiger partial charge on any atom is 0.241 e. The van der Waals surface area contributed by atoms with Crippen LogP contribution in [0.3, 0.4) is 0 Å². The summed E-state index contributed by atoms with van der Waals surface area (Å²) in [5.74, 6) is 1.62. The second-order valence-corrected chi connectivity index (χ2v) is 6.85. The van der Waals surface area contributed by atoms with Crippen molar-refractivity contribution in [1.82, 2.24) is 9.80 Å². The number of hydrogen-bond donors (Lipinski definition) is 1. The Labute approximate surface area is 159 Å². The van der Waals surface area contributed by atoms with Crippen molar-refractivity contribution in [3.63, 3.8) is 0 Å². The van der Waals surface area contributed by atoms with Gasteiger partial charge in [-0.3, -0.25) is 9.69 Å².